The van der Waals surface area contributed by atoms with Crippen molar-refractivity contribution in [2.24, 2.45) is 5.92 Å². The molecule has 1 atom stereocenters. The number of carbonyl (C=O) groups is 2. The van der Waals surface area contributed by atoms with Crippen molar-refractivity contribution >= 4 is 24.2 Å². The zero-order valence-corrected chi connectivity index (χ0v) is 13.7. The molecular weight excluding hydrogens is 290 g/mol. The Hall–Kier alpha value is -0.810. The minimum atomic E-state index is -0.0631. The highest BCUT2D eigenvalue weighted by Crippen LogP contribution is 2.24. The van der Waals surface area contributed by atoms with Gasteiger partial charge in [0.2, 0.25) is 11.8 Å². The van der Waals surface area contributed by atoms with Gasteiger partial charge in [-0.05, 0) is 32.7 Å². The maximum atomic E-state index is 12.2. The Morgan fingerprint density at radius 3 is 2.62 bits per heavy atom. The maximum absolute atomic E-state index is 12.2. The Kier molecular flexibility index (Phi) is 8.04. The van der Waals surface area contributed by atoms with Crippen LogP contribution in [0.3, 0.4) is 0 Å². The largest absolute Gasteiger partial charge is 0.353 e. The molecule has 0 aromatic carbocycles. The van der Waals surface area contributed by atoms with Crippen LogP contribution in [0.1, 0.15) is 45.4 Å². The number of carbonyl (C=O) groups excluding carboxylic acids is 2. The number of amides is 2. The molecule has 0 aromatic heterocycles. The molecule has 1 aliphatic carbocycles. The van der Waals surface area contributed by atoms with Crippen LogP contribution in [0.4, 0.5) is 0 Å². The second kappa shape index (κ2) is 9.26. The molecule has 1 saturated heterocycles. The zero-order valence-electron chi connectivity index (χ0n) is 12.9. The van der Waals surface area contributed by atoms with Crippen LogP contribution in [-0.2, 0) is 9.59 Å². The van der Waals surface area contributed by atoms with E-state index in [4.69, 9.17) is 0 Å². The van der Waals surface area contributed by atoms with Crippen molar-refractivity contribution < 1.29 is 9.59 Å². The average Bonchev–Trinajstić information content (AvgIpc) is 2.81. The fraction of sp³-hybridized carbons (Fsp3) is 0.867. The van der Waals surface area contributed by atoms with Crippen LogP contribution in [0.5, 0.6) is 0 Å². The van der Waals surface area contributed by atoms with Gasteiger partial charge in [-0.15, -0.1) is 12.4 Å². The van der Waals surface area contributed by atoms with E-state index in [1.807, 2.05) is 11.8 Å². The Morgan fingerprint density at radius 1 is 1.19 bits per heavy atom. The Morgan fingerprint density at radius 2 is 1.90 bits per heavy atom. The van der Waals surface area contributed by atoms with Crippen molar-refractivity contribution in [3.05, 3.63) is 0 Å². The highest BCUT2D eigenvalue weighted by Gasteiger charge is 2.25. The third kappa shape index (κ3) is 5.83. The lowest BCUT2D eigenvalue weighted by Gasteiger charge is -2.23. The summed E-state index contributed by atoms with van der Waals surface area (Å²) in [7, 11) is 0. The predicted molar refractivity (Wildman–Crippen MR) is 85.5 cm³/mol. The van der Waals surface area contributed by atoms with E-state index in [1.54, 1.807) is 0 Å². The molecule has 2 aliphatic rings. The maximum Gasteiger partial charge on any atom is 0.224 e. The summed E-state index contributed by atoms with van der Waals surface area (Å²) in [6.07, 6.45) is 5.75. The van der Waals surface area contributed by atoms with Gasteiger partial charge in [0, 0.05) is 38.0 Å². The summed E-state index contributed by atoms with van der Waals surface area (Å²) >= 11 is 0. The molecule has 1 aliphatic heterocycles. The SMILES string of the molecule is CC(CC(=O)N1CCCNCC1)NC(=O)C1CCCC1.Cl. The molecule has 0 aromatic rings. The van der Waals surface area contributed by atoms with Gasteiger partial charge in [0.05, 0.1) is 0 Å². The summed E-state index contributed by atoms with van der Waals surface area (Å²) in [6.45, 7) is 5.39. The molecule has 1 unspecified atom stereocenters. The van der Waals surface area contributed by atoms with Gasteiger partial charge in [0.25, 0.3) is 0 Å². The van der Waals surface area contributed by atoms with Crippen LogP contribution in [-0.4, -0.2) is 48.9 Å². The zero-order chi connectivity index (χ0) is 14.4. The minimum Gasteiger partial charge on any atom is -0.353 e. The van der Waals surface area contributed by atoms with E-state index in [-0.39, 0.29) is 36.2 Å². The first kappa shape index (κ1) is 18.2. The van der Waals surface area contributed by atoms with Crippen molar-refractivity contribution in [1.82, 2.24) is 15.5 Å². The molecule has 0 radical (unpaired) electrons. The lowest BCUT2D eigenvalue weighted by atomic mass is 10.1. The molecule has 2 N–H and O–H groups in total. The van der Waals surface area contributed by atoms with Crippen LogP contribution in [0.15, 0.2) is 0 Å². The quantitative estimate of drug-likeness (QED) is 0.822. The first-order valence-corrected chi connectivity index (χ1v) is 7.95. The van der Waals surface area contributed by atoms with Crippen molar-refractivity contribution in [3.8, 4) is 0 Å². The summed E-state index contributed by atoms with van der Waals surface area (Å²) < 4.78 is 0. The molecule has 6 heteroatoms. The van der Waals surface area contributed by atoms with Crippen LogP contribution >= 0.6 is 12.4 Å². The molecule has 1 saturated carbocycles. The molecule has 0 spiro atoms. The molecular formula is C15H28ClN3O2. The standard InChI is InChI=1S/C15H27N3O2.ClH/c1-12(17-15(20)13-5-2-3-6-13)11-14(19)18-9-4-7-16-8-10-18;/h12-13,16H,2-11H2,1H3,(H,17,20);1H. The molecule has 2 amide bonds. The summed E-state index contributed by atoms with van der Waals surface area (Å²) in [5.41, 5.74) is 0. The lowest BCUT2D eigenvalue weighted by Crippen LogP contribution is -2.42. The second-order valence-electron chi connectivity index (χ2n) is 6.08. The number of nitrogens with one attached hydrogen (secondary N) is 2. The van der Waals surface area contributed by atoms with Gasteiger partial charge < -0.3 is 15.5 Å². The number of hydrogen-bond donors (Lipinski definition) is 2. The van der Waals surface area contributed by atoms with Crippen LogP contribution in [0, 0.1) is 5.92 Å². The third-order valence-electron chi connectivity index (χ3n) is 4.29. The Bertz CT molecular complexity index is 338. The van der Waals surface area contributed by atoms with Crippen LogP contribution in [0.2, 0.25) is 0 Å². The van der Waals surface area contributed by atoms with Crippen molar-refractivity contribution in [3.63, 3.8) is 0 Å². The summed E-state index contributed by atoms with van der Waals surface area (Å²) in [4.78, 5) is 26.1. The summed E-state index contributed by atoms with van der Waals surface area (Å²) in [6, 6.07) is -0.0631. The highest BCUT2D eigenvalue weighted by molar-refractivity contribution is 5.85. The van der Waals surface area contributed by atoms with Gasteiger partial charge >= 0.3 is 0 Å². The Balaban J connectivity index is 0.00000220. The minimum absolute atomic E-state index is 0. The van der Waals surface area contributed by atoms with Crippen molar-refractivity contribution in [1.29, 1.82) is 0 Å². The molecule has 2 rings (SSSR count). The summed E-state index contributed by atoms with van der Waals surface area (Å²) in [5, 5.41) is 6.30. The topological polar surface area (TPSA) is 61.4 Å². The lowest BCUT2D eigenvalue weighted by molar-refractivity contribution is -0.132. The number of nitrogens with zero attached hydrogens (tertiary/aromatic N) is 1. The fourth-order valence-electron chi connectivity index (χ4n) is 3.09. The molecule has 0 bridgehead atoms. The average molecular weight is 318 g/mol. The van der Waals surface area contributed by atoms with E-state index < -0.39 is 0 Å². The van der Waals surface area contributed by atoms with E-state index in [9.17, 15) is 9.59 Å². The van der Waals surface area contributed by atoms with Gasteiger partial charge in [0.1, 0.15) is 0 Å². The van der Waals surface area contributed by atoms with E-state index in [2.05, 4.69) is 10.6 Å². The molecule has 21 heavy (non-hydrogen) atoms. The van der Waals surface area contributed by atoms with Crippen LogP contribution < -0.4 is 10.6 Å². The summed E-state index contributed by atoms with van der Waals surface area (Å²) in [5.74, 6) is 0.475. The van der Waals surface area contributed by atoms with E-state index in [0.29, 0.717) is 6.42 Å². The third-order valence-corrected chi connectivity index (χ3v) is 4.29. The molecule has 2 fully saturated rings. The predicted octanol–water partition coefficient (Wildman–Crippen LogP) is 1.32. The van der Waals surface area contributed by atoms with Gasteiger partial charge in [-0.3, -0.25) is 9.59 Å². The number of hydrogen-bond acceptors (Lipinski definition) is 3. The first-order chi connectivity index (χ1) is 9.66. The monoisotopic (exact) mass is 317 g/mol. The molecule has 5 nitrogen and oxygen atoms in total. The normalized spacial score (nSPS) is 21.3. The fourth-order valence-corrected chi connectivity index (χ4v) is 3.09. The highest BCUT2D eigenvalue weighted by atomic mass is 35.5. The second-order valence-corrected chi connectivity index (χ2v) is 6.08. The molecule has 122 valence electrons. The van der Waals surface area contributed by atoms with E-state index in [0.717, 1.165) is 58.3 Å². The smallest absolute Gasteiger partial charge is 0.224 e. The van der Waals surface area contributed by atoms with E-state index >= 15 is 0 Å². The van der Waals surface area contributed by atoms with Gasteiger partial charge in [-0.1, -0.05) is 12.8 Å². The van der Waals surface area contributed by atoms with Crippen molar-refractivity contribution in [2.75, 3.05) is 26.2 Å². The van der Waals surface area contributed by atoms with Crippen molar-refractivity contribution in [2.45, 2.75) is 51.5 Å². The number of halogens is 1. The Labute approximate surface area is 133 Å². The van der Waals surface area contributed by atoms with Gasteiger partial charge in [-0.25, -0.2) is 0 Å². The molecule has 1 heterocycles. The van der Waals surface area contributed by atoms with Gasteiger partial charge in [0.15, 0.2) is 0 Å². The van der Waals surface area contributed by atoms with Gasteiger partial charge in [-0.2, -0.15) is 0 Å². The first-order valence-electron chi connectivity index (χ1n) is 7.95. The van der Waals surface area contributed by atoms with E-state index in [1.165, 1.54) is 0 Å². The number of rotatable bonds is 4. The van der Waals surface area contributed by atoms with Crippen LogP contribution in [0.25, 0.3) is 0 Å².